The number of carbonyl (C=O) groups is 1. The van der Waals surface area contributed by atoms with Gasteiger partial charge in [0.25, 0.3) is 5.91 Å². The van der Waals surface area contributed by atoms with E-state index in [2.05, 4.69) is 10.3 Å². The minimum absolute atomic E-state index is 0.0499. The molecule has 1 amide bonds. The predicted octanol–water partition coefficient (Wildman–Crippen LogP) is 3.97. The Labute approximate surface area is 170 Å². The number of hydrogen-bond donors (Lipinski definition) is 1. The summed E-state index contributed by atoms with van der Waals surface area (Å²) >= 11 is 0. The average Bonchev–Trinajstić information content (AvgIpc) is 2.76. The van der Waals surface area contributed by atoms with Gasteiger partial charge in [0.1, 0.15) is 0 Å². The van der Waals surface area contributed by atoms with Crippen molar-refractivity contribution in [3.05, 3.63) is 65.9 Å². The molecule has 1 aliphatic heterocycles. The highest BCUT2D eigenvalue weighted by Gasteiger charge is 2.29. The van der Waals surface area contributed by atoms with Gasteiger partial charge >= 0.3 is 0 Å². The van der Waals surface area contributed by atoms with Gasteiger partial charge in [-0.3, -0.25) is 9.78 Å². The van der Waals surface area contributed by atoms with Gasteiger partial charge in [0.2, 0.25) is 10.0 Å². The number of piperidine rings is 1. The second-order valence-corrected chi connectivity index (χ2v) is 9.15. The zero-order valence-electron chi connectivity index (χ0n) is 16.3. The van der Waals surface area contributed by atoms with E-state index in [1.807, 2.05) is 31.2 Å². The molecule has 29 heavy (non-hydrogen) atoms. The second-order valence-electron chi connectivity index (χ2n) is 7.24. The lowest BCUT2D eigenvalue weighted by Crippen LogP contribution is -2.36. The Balaban J connectivity index is 1.70. The van der Waals surface area contributed by atoms with Crippen molar-refractivity contribution in [3.8, 4) is 0 Å². The van der Waals surface area contributed by atoms with Gasteiger partial charge in [-0.2, -0.15) is 4.31 Å². The van der Waals surface area contributed by atoms with E-state index >= 15 is 0 Å². The Morgan fingerprint density at radius 3 is 2.55 bits per heavy atom. The fourth-order valence-electron chi connectivity index (χ4n) is 3.74. The van der Waals surface area contributed by atoms with Crippen LogP contribution in [-0.4, -0.2) is 36.7 Å². The van der Waals surface area contributed by atoms with Gasteiger partial charge in [-0.25, -0.2) is 8.42 Å². The molecule has 0 saturated carbocycles. The fourth-order valence-corrected chi connectivity index (χ4v) is 5.44. The highest BCUT2D eigenvalue weighted by Crippen LogP contribution is 2.27. The zero-order valence-corrected chi connectivity index (χ0v) is 17.1. The number of anilines is 1. The van der Waals surface area contributed by atoms with Gasteiger partial charge in [0, 0.05) is 24.7 Å². The minimum atomic E-state index is -3.72. The molecule has 0 bridgehead atoms. The molecule has 0 unspecified atom stereocenters. The maximum atomic E-state index is 13.2. The number of nitrogens with zero attached hydrogens (tertiary/aromatic N) is 2. The number of fused-ring (bicyclic) bond motifs is 1. The van der Waals surface area contributed by atoms with E-state index in [-0.39, 0.29) is 10.5 Å². The Morgan fingerprint density at radius 1 is 1.00 bits per heavy atom. The number of benzene rings is 2. The molecule has 150 valence electrons. The summed E-state index contributed by atoms with van der Waals surface area (Å²) < 4.78 is 27.8. The maximum Gasteiger partial charge on any atom is 0.257 e. The molecule has 1 saturated heterocycles. The largest absolute Gasteiger partial charge is 0.321 e. The Kier molecular flexibility index (Phi) is 5.34. The molecule has 7 heteroatoms. The number of nitrogens with one attached hydrogen (secondary N) is 1. The van der Waals surface area contributed by atoms with Crippen LogP contribution in [0.3, 0.4) is 0 Å². The smallest absolute Gasteiger partial charge is 0.257 e. The Bertz CT molecular complexity index is 1170. The van der Waals surface area contributed by atoms with Crippen molar-refractivity contribution < 1.29 is 13.2 Å². The molecule has 2 aromatic carbocycles. The summed E-state index contributed by atoms with van der Waals surface area (Å²) in [6.07, 6.45) is 4.43. The lowest BCUT2D eigenvalue weighted by atomic mass is 10.1. The van der Waals surface area contributed by atoms with Crippen molar-refractivity contribution in [2.24, 2.45) is 0 Å². The van der Waals surface area contributed by atoms with Gasteiger partial charge in [-0.05, 0) is 55.7 Å². The summed E-state index contributed by atoms with van der Waals surface area (Å²) in [5.74, 6) is -0.449. The Hall–Kier alpha value is -2.77. The van der Waals surface area contributed by atoms with Crippen molar-refractivity contribution in [2.75, 3.05) is 18.4 Å². The SMILES string of the molecule is Cc1ccc(NC(=O)c2ccccc2S(=O)(=O)N2CCCCC2)c2cccnc12. The quantitative estimate of drug-likeness (QED) is 0.707. The molecule has 4 rings (SSSR count). The molecule has 0 spiro atoms. The zero-order chi connectivity index (χ0) is 20.4. The number of amides is 1. The van der Waals surface area contributed by atoms with Crippen molar-refractivity contribution in [1.29, 1.82) is 0 Å². The summed E-state index contributed by atoms with van der Waals surface area (Å²) in [6.45, 7) is 2.94. The molecule has 0 atom stereocenters. The predicted molar refractivity (Wildman–Crippen MR) is 113 cm³/mol. The first-order valence-electron chi connectivity index (χ1n) is 9.73. The molecular weight excluding hydrogens is 386 g/mol. The highest BCUT2D eigenvalue weighted by atomic mass is 32.2. The molecule has 1 N–H and O–H groups in total. The average molecular weight is 410 g/mol. The third-order valence-corrected chi connectivity index (χ3v) is 7.24. The van der Waals surface area contributed by atoms with Crippen LogP contribution in [0.2, 0.25) is 0 Å². The van der Waals surface area contributed by atoms with Crippen LogP contribution in [0.4, 0.5) is 5.69 Å². The monoisotopic (exact) mass is 409 g/mol. The van der Waals surface area contributed by atoms with Crippen LogP contribution in [0.1, 0.15) is 35.2 Å². The number of aryl methyl sites for hydroxylation is 1. The molecule has 0 radical (unpaired) electrons. The van der Waals surface area contributed by atoms with E-state index in [0.717, 1.165) is 35.7 Å². The highest BCUT2D eigenvalue weighted by molar-refractivity contribution is 7.89. The van der Waals surface area contributed by atoms with Crippen LogP contribution >= 0.6 is 0 Å². The van der Waals surface area contributed by atoms with E-state index in [0.29, 0.717) is 18.8 Å². The lowest BCUT2D eigenvalue weighted by molar-refractivity contribution is 0.102. The van der Waals surface area contributed by atoms with E-state index in [1.54, 1.807) is 24.4 Å². The number of pyridine rings is 1. The summed E-state index contributed by atoms with van der Waals surface area (Å²) in [4.78, 5) is 17.5. The summed E-state index contributed by atoms with van der Waals surface area (Å²) in [5, 5.41) is 3.70. The molecule has 3 aromatic rings. The van der Waals surface area contributed by atoms with E-state index in [4.69, 9.17) is 0 Å². The van der Waals surface area contributed by atoms with E-state index in [1.165, 1.54) is 10.4 Å². The first-order valence-corrected chi connectivity index (χ1v) is 11.2. The van der Waals surface area contributed by atoms with Gasteiger partial charge in [0.05, 0.1) is 21.7 Å². The minimum Gasteiger partial charge on any atom is -0.321 e. The molecule has 1 fully saturated rings. The fraction of sp³-hybridized carbons (Fsp3) is 0.273. The summed E-state index contributed by atoms with van der Waals surface area (Å²) in [6, 6.07) is 13.8. The van der Waals surface area contributed by atoms with Crippen molar-refractivity contribution in [1.82, 2.24) is 9.29 Å². The number of rotatable bonds is 4. The van der Waals surface area contributed by atoms with Crippen LogP contribution in [-0.2, 0) is 10.0 Å². The third-order valence-electron chi connectivity index (χ3n) is 5.28. The molecule has 1 aromatic heterocycles. The van der Waals surface area contributed by atoms with Crippen LogP contribution in [0.15, 0.2) is 59.6 Å². The summed E-state index contributed by atoms with van der Waals surface area (Å²) in [7, 11) is -3.72. The number of aromatic nitrogens is 1. The normalized spacial score (nSPS) is 15.3. The molecule has 2 heterocycles. The van der Waals surface area contributed by atoms with Gasteiger partial charge < -0.3 is 5.32 Å². The molecule has 0 aliphatic carbocycles. The van der Waals surface area contributed by atoms with Crippen LogP contribution in [0, 0.1) is 6.92 Å². The maximum absolute atomic E-state index is 13.2. The van der Waals surface area contributed by atoms with Gasteiger partial charge in [-0.1, -0.05) is 24.6 Å². The van der Waals surface area contributed by atoms with Crippen molar-refractivity contribution >= 4 is 32.5 Å². The van der Waals surface area contributed by atoms with Crippen LogP contribution in [0.25, 0.3) is 10.9 Å². The van der Waals surface area contributed by atoms with Crippen molar-refractivity contribution in [3.63, 3.8) is 0 Å². The van der Waals surface area contributed by atoms with Gasteiger partial charge in [0.15, 0.2) is 0 Å². The van der Waals surface area contributed by atoms with E-state index < -0.39 is 15.9 Å². The van der Waals surface area contributed by atoms with Crippen molar-refractivity contribution in [2.45, 2.75) is 31.1 Å². The first-order chi connectivity index (χ1) is 14.0. The standard InChI is InChI=1S/C22H23N3O3S/c1-16-11-12-19(17-9-7-13-23-21(16)17)24-22(26)18-8-3-4-10-20(18)29(27,28)25-14-5-2-6-15-25/h3-4,7-13H,2,5-6,14-15H2,1H3,(H,24,26). The lowest BCUT2D eigenvalue weighted by Gasteiger charge is -2.26. The Morgan fingerprint density at radius 2 is 1.76 bits per heavy atom. The van der Waals surface area contributed by atoms with Crippen LogP contribution < -0.4 is 5.32 Å². The molecular formula is C22H23N3O3S. The number of carbonyl (C=O) groups excluding carboxylic acids is 1. The number of sulfonamides is 1. The number of hydrogen-bond acceptors (Lipinski definition) is 4. The first kappa shape index (κ1) is 19.5. The molecule has 1 aliphatic rings. The summed E-state index contributed by atoms with van der Waals surface area (Å²) in [5.41, 5.74) is 2.57. The molecule has 6 nitrogen and oxygen atoms in total. The van der Waals surface area contributed by atoms with Gasteiger partial charge in [-0.15, -0.1) is 0 Å². The van der Waals surface area contributed by atoms with E-state index in [9.17, 15) is 13.2 Å². The second kappa shape index (κ2) is 7.93. The third kappa shape index (κ3) is 3.75. The topological polar surface area (TPSA) is 79.4 Å². The van der Waals surface area contributed by atoms with Crippen LogP contribution in [0.5, 0.6) is 0 Å².